The Kier molecular flexibility index (Phi) is 3.80. The van der Waals surface area contributed by atoms with Gasteiger partial charge < -0.3 is 0 Å². The van der Waals surface area contributed by atoms with Crippen molar-refractivity contribution in [2.24, 2.45) is 0 Å². The Morgan fingerprint density at radius 3 is 2.00 bits per heavy atom. The highest BCUT2D eigenvalue weighted by molar-refractivity contribution is 9.09. The molecule has 0 saturated heterocycles. The van der Waals surface area contributed by atoms with Crippen LogP contribution in [0.15, 0.2) is 60.7 Å². The number of hydrogen-bond acceptors (Lipinski definition) is 0. The Balaban J connectivity index is 2.15. The first-order chi connectivity index (χ1) is 7.86. The summed E-state index contributed by atoms with van der Waals surface area (Å²) < 4.78 is 0. The van der Waals surface area contributed by atoms with Gasteiger partial charge >= 0.3 is 0 Å². The quantitative estimate of drug-likeness (QED) is 0.539. The van der Waals surface area contributed by atoms with E-state index in [2.05, 4.69) is 39.9 Å². The molecule has 0 fully saturated rings. The van der Waals surface area contributed by atoms with E-state index in [0.29, 0.717) is 0 Å². The van der Waals surface area contributed by atoms with Crippen LogP contribution in [0, 0.1) is 11.8 Å². The van der Waals surface area contributed by atoms with Crippen molar-refractivity contribution in [3.05, 3.63) is 71.8 Å². The first-order valence-corrected chi connectivity index (χ1v) is 6.03. The molecular formula is C15H11Br. The van der Waals surface area contributed by atoms with Crippen molar-refractivity contribution in [1.82, 2.24) is 0 Å². The average molecular weight is 271 g/mol. The van der Waals surface area contributed by atoms with Gasteiger partial charge in [-0.25, -0.2) is 0 Å². The molecule has 0 saturated carbocycles. The molecule has 0 radical (unpaired) electrons. The topological polar surface area (TPSA) is 0 Å². The van der Waals surface area contributed by atoms with Crippen molar-refractivity contribution in [1.29, 1.82) is 0 Å². The molecule has 0 heterocycles. The summed E-state index contributed by atoms with van der Waals surface area (Å²) in [4.78, 5) is 0.0916. The Hall–Kier alpha value is -1.52. The Morgan fingerprint density at radius 2 is 1.38 bits per heavy atom. The second-order valence-electron chi connectivity index (χ2n) is 3.41. The molecule has 0 aliphatic heterocycles. The Labute approximate surface area is 104 Å². The number of rotatable bonds is 1. The Bertz CT molecular complexity index is 491. The van der Waals surface area contributed by atoms with Crippen molar-refractivity contribution in [2.45, 2.75) is 4.83 Å². The van der Waals surface area contributed by atoms with Gasteiger partial charge in [0.1, 0.15) is 4.83 Å². The zero-order valence-electron chi connectivity index (χ0n) is 8.73. The fraction of sp³-hybridized carbons (Fsp3) is 0.0667. The summed E-state index contributed by atoms with van der Waals surface area (Å²) in [5, 5.41) is 0. The minimum Gasteiger partial charge on any atom is -0.0780 e. The fourth-order valence-corrected chi connectivity index (χ4v) is 1.79. The molecule has 0 spiro atoms. The molecule has 1 unspecified atom stereocenters. The van der Waals surface area contributed by atoms with E-state index in [9.17, 15) is 0 Å². The lowest BCUT2D eigenvalue weighted by molar-refractivity contribution is 1.30. The van der Waals surface area contributed by atoms with Crippen LogP contribution in [0.3, 0.4) is 0 Å². The zero-order valence-corrected chi connectivity index (χ0v) is 10.3. The summed E-state index contributed by atoms with van der Waals surface area (Å²) in [5.41, 5.74) is 2.23. The van der Waals surface area contributed by atoms with Gasteiger partial charge in [0.25, 0.3) is 0 Å². The third-order valence-corrected chi connectivity index (χ3v) is 2.97. The molecule has 0 aliphatic rings. The predicted molar refractivity (Wildman–Crippen MR) is 71.4 cm³/mol. The number of benzene rings is 2. The van der Waals surface area contributed by atoms with Crippen LogP contribution in [-0.2, 0) is 0 Å². The first-order valence-electron chi connectivity index (χ1n) is 5.12. The third kappa shape index (κ3) is 2.98. The van der Waals surface area contributed by atoms with Gasteiger partial charge in [-0.2, -0.15) is 0 Å². The molecule has 2 aromatic carbocycles. The lowest BCUT2D eigenvalue weighted by Gasteiger charge is -2.00. The number of alkyl halides is 1. The zero-order chi connectivity index (χ0) is 11.2. The molecule has 0 nitrogen and oxygen atoms in total. The molecule has 1 atom stereocenters. The van der Waals surface area contributed by atoms with Gasteiger partial charge in [0.05, 0.1) is 0 Å². The van der Waals surface area contributed by atoms with Crippen LogP contribution in [0.1, 0.15) is 16.0 Å². The summed E-state index contributed by atoms with van der Waals surface area (Å²) in [5.74, 6) is 6.33. The molecule has 78 valence electrons. The normalized spacial score (nSPS) is 11.3. The van der Waals surface area contributed by atoms with Gasteiger partial charge in [0, 0.05) is 5.56 Å². The van der Waals surface area contributed by atoms with Crippen LogP contribution in [0.5, 0.6) is 0 Å². The van der Waals surface area contributed by atoms with Crippen molar-refractivity contribution in [3.8, 4) is 11.8 Å². The van der Waals surface area contributed by atoms with Crippen LogP contribution >= 0.6 is 15.9 Å². The van der Waals surface area contributed by atoms with Gasteiger partial charge in [0.15, 0.2) is 0 Å². The molecule has 1 heteroatoms. The van der Waals surface area contributed by atoms with E-state index in [-0.39, 0.29) is 4.83 Å². The maximum Gasteiger partial charge on any atom is 0.101 e. The van der Waals surface area contributed by atoms with Gasteiger partial charge in [0.2, 0.25) is 0 Å². The van der Waals surface area contributed by atoms with E-state index in [0.717, 1.165) is 5.56 Å². The van der Waals surface area contributed by atoms with Crippen LogP contribution in [0.4, 0.5) is 0 Å². The van der Waals surface area contributed by atoms with E-state index in [1.54, 1.807) is 0 Å². The molecule has 0 amide bonds. The lowest BCUT2D eigenvalue weighted by atomic mass is 10.1. The van der Waals surface area contributed by atoms with Gasteiger partial charge in [-0.15, -0.1) is 0 Å². The molecular weight excluding hydrogens is 260 g/mol. The monoisotopic (exact) mass is 270 g/mol. The summed E-state index contributed by atoms with van der Waals surface area (Å²) >= 11 is 3.57. The smallest absolute Gasteiger partial charge is 0.0780 e. The minimum atomic E-state index is 0.0916. The Morgan fingerprint density at radius 1 is 0.812 bits per heavy atom. The molecule has 16 heavy (non-hydrogen) atoms. The van der Waals surface area contributed by atoms with Crippen molar-refractivity contribution in [2.75, 3.05) is 0 Å². The van der Waals surface area contributed by atoms with Crippen molar-refractivity contribution in [3.63, 3.8) is 0 Å². The molecule has 0 aromatic heterocycles. The van der Waals surface area contributed by atoms with Crippen LogP contribution in [0.25, 0.3) is 0 Å². The summed E-state index contributed by atoms with van der Waals surface area (Å²) in [6.45, 7) is 0. The predicted octanol–water partition coefficient (Wildman–Crippen LogP) is 4.17. The summed E-state index contributed by atoms with van der Waals surface area (Å²) in [7, 11) is 0. The molecule has 2 rings (SSSR count). The second kappa shape index (κ2) is 5.53. The van der Waals surface area contributed by atoms with Crippen LogP contribution < -0.4 is 0 Å². The van der Waals surface area contributed by atoms with E-state index < -0.39 is 0 Å². The highest BCUT2D eigenvalue weighted by Crippen LogP contribution is 2.20. The highest BCUT2D eigenvalue weighted by Gasteiger charge is 2.00. The lowest BCUT2D eigenvalue weighted by Crippen LogP contribution is -1.84. The number of halogens is 1. The molecule has 0 aliphatic carbocycles. The highest BCUT2D eigenvalue weighted by atomic mass is 79.9. The second-order valence-corrected chi connectivity index (χ2v) is 4.32. The first kappa shape index (κ1) is 11.0. The van der Waals surface area contributed by atoms with E-state index in [4.69, 9.17) is 0 Å². The molecule has 0 bridgehead atoms. The molecule has 2 aromatic rings. The fourth-order valence-electron chi connectivity index (χ4n) is 1.37. The minimum absolute atomic E-state index is 0.0916. The maximum atomic E-state index is 3.57. The third-order valence-electron chi connectivity index (χ3n) is 2.21. The SMILES string of the molecule is BrC(C#Cc1ccccc1)c1ccccc1. The van der Waals surface area contributed by atoms with Crippen molar-refractivity contribution >= 4 is 15.9 Å². The summed E-state index contributed by atoms with van der Waals surface area (Å²) in [6, 6.07) is 20.2. The van der Waals surface area contributed by atoms with Crippen LogP contribution in [-0.4, -0.2) is 0 Å². The largest absolute Gasteiger partial charge is 0.101 e. The standard InChI is InChI=1S/C15H11Br/c16-15(14-9-5-2-6-10-14)12-11-13-7-3-1-4-8-13/h1-10,15H. The average Bonchev–Trinajstić information content (AvgIpc) is 2.38. The van der Waals surface area contributed by atoms with Gasteiger partial charge in [-0.3, -0.25) is 0 Å². The van der Waals surface area contributed by atoms with E-state index >= 15 is 0 Å². The van der Waals surface area contributed by atoms with Gasteiger partial charge in [-0.1, -0.05) is 76.3 Å². The summed E-state index contributed by atoms with van der Waals surface area (Å²) in [6.07, 6.45) is 0. The van der Waals surface area contributed by atoms with E-state index in [1.807, 2.05) is 48.5 Å². The number of hydrogen-bond donors (Lipinski definition) is 0. The van der Waals surface area contributed by atoms with E-state index in [1.165, 1.54) is 5.56 Å². The van der Waals surface area contributed by atoms with Gasteiger partial charge in [-0.05, 0) is 17.7 Å². The maximum absolute atomic E-state index is 3.57. The van der Waals surface area contributed by atoms with Crippen molar-refractivity contribution < 1.29 is 0 Å². The van der Waals surface area contributed by atoms with Crippen LogP contribution in [0.2, 0.25) is 0 Å². The molecule has 0 N–H and O–H groups in total.